The normalized spacial score (nSPS) is 12.9. The van der Waals surface area contributed by atoms with E-state index in [1.807, 2.05) is 12.1 Å². The van der Waals surface area contributed by atoms with E-state index in [-0.39, 0.29) is 5.91 Å². The lowest BCUT2D eigenvalue weighted by Gasteiger charge is -2.18. The number of nitrogens with zero attached hydrogens (tertiary/aromatic N) is 3. The van der Waals surface area contributed by atoms with Crippen LogP contribution in [0.15, 0.2) is 42.5 Å². The zero-order valence-corrected chi connectivity index (χ0v) is 18.5. The highest BCUT2D eigenvalue weighted by molar-refractivity contribution is 5.94. The number of carbonyl (C=O) groups excluding carboxylic acids is 1. The molecule has 1 aromatic heterocycles. The third-order valence-corrected chi connectivity index (χ3v) is 6.04. The molecule has 0 aliphatic heterocycles. The second kappa shape index (κ2) is 9.61. The van der Waals surface area contributed by atoms with Crippen molar-refractivity contribution in [1.82, 2.24) is 20.0 Å². The van der Waals surface area contributed by atoms with Gasteiger partial charge in [0.15, 0.2) is 17.3 Å². The van der Waals surface area contributed by atoms with Crippen molar-refractivity contribution in [2.24, 2.45) is 0 Å². The predicted molar refractivity (Wildman–Crippen MR) is 120 cm³/mol. The molecule has 0 fully saturated rings. The number of hydrogen-bond acceptors (Lipinski definition) is 3. The molecule has 3 aromatic rings. The van der Waals surface area contributed by atoms with Crippen LogP contribution in [0.4, 0.5) is 8.78 Å². The summed E-state index contributed by atoms with van der Waals surface area (Å²) in [6.45, 7) is 7.54. The molecule has 32 heavy (non-hydrogen) atoms. The molecular weight excluding hydrogens is 410 g/mol. The van der Waals surface area contributed by atoms with Crippen molar-refractivity contribution < 1.29 is 13.6 Å². The van der Waals surface area contributed by atoms with Crippen molar-refractivity contribution >= 4 is 5.91 Å². The zero-order valence-electron chi connectivity index (χ0n) is 18.5. The van der Waals surface area contributed by atoms with E-state index < -0.39 is 11.6 Å². The topological polar surface area (TPSA) is 50.2 Å². The number of benzene rings is 2. The van der Waals surface area contributed by atoms with Gasteiger partial charge in [-0.05, 0) is 55.6 Å². The zero-order chi connectivity index (χ0) is 22.7. The minimum atomic E-state index is -0.930. The van der Waals surface area contributed by atoms with E-state index in [2.05, 4.69) is 41.3 Å². The molecule has 1 N–H and O–H groups in total. The van der Waals surface area contributed by atoms with E-state index >= 15 is 0 Å². The Morgan fingerprint density at radius 1 is 1.06 bits per heavy atom. The van der Waals surface area contributed by atoms with Crippen LogP contribution >= 0.6 is 0 Å². The lowest BCUT2D eigenvalue weighted by molar-refractivity contribution is 0.0944. The van der Waals surface area contributed by atoms with Crippen molar-refractivity contribution in [1.29, 1.82) is 0 Å². The van der Waals surface area contributed by atoms with Crippen molar-refractivity contribution in [3.05, 3.63) is 82.2 Å². The van der Waals surface area contributed by atoms with E-state index in [0.717, 1.165) is 67.9 Å². The second-order valence-corrected chi connectivity index (χ2v) is 8.10. The minimum Gasteiger partial charge on any atom is -0.347 e. The summed E-state index contributed by atoms with van der Waals surface area (Å²) in [7, 11) is 0. The fourth-order valence-corrected chi connectivity index (χ4v) is 4.26. The number of halogens is 2. The van der Waals surface area contributed by atoms with Gasteiger partial charge < -0.3 is 5.32 Å². The average Bonchev–Trinajstić information content (AvgIpc) is 3.41. The SMILES string of the molecule is CCN(CC)Cc1cccc(CNC(=O)c2nn(-c3ccc(F)c(F)c3)c3c2CCC3)c1. The first-order chi connectivity index (χ1) is 15.5. The number of amides is 1. The first kappa shape index (κ1) is 22.1. The van der Waals surface area contributed by atoms with Gasteiger partial charge in [-0.1, -0.05) is 38.1 Å². The van der Waals surface area contributed by atoms with Crippen molar-refractivity contribution in [2.75, 3.05) is 13.1 Å². The fourth-order valence-electron chi connectivity index (χ4n) is 4.26. The quantitative estimate of drug-likeness (QED) is 0.567. The van der Waals surface area contributed by atoms with Gasteiger partial charge in [-0.15, -0.1) is 0 Å². The summed E-state index contributed by atoms with van der Waals surface area (Å²) in [4.78, 5) is 15.3. The van der Waals surface area contributed by atoms with Crippen LogP contribution in [0.25, 0.3) is 5.69 Å². The molecule has 168 valence electrons. The van der Waals surface area contributed by atoms with Gasteiger partial charge >= 0.3 is 0 Å². The van der Waals surface area contributed by atoms with Crippen molar-refractivity contribution in [2.45, 2.75) is 46.2 Å². The summed E-state index contributed by atoms with van der Waals surface area (Å²) >= 11 is 0. The minimum absolute atomic E-state index is 0.251. The first-order valence-corrected chi connectivity index (χ1v) is 11.1. The van der Waals surface area contributed by atoms with Gasteiger partial charge in [0, 0.05) is 30.4 Å². The molecule has 0 bridgehead atoms. The molecule has 5 nitrogen and oxygen atoms in total. The lowest BCUT2D eigenvalue weighted by Crippen LogP contribution is -2.25. The molecule has 1 amide bonds. The molecule has 0 radical (unpaired) electrons. The number of rotatable bonds is 8. The summed E-state index contributed by atoms with van der Waals surface area (Å²) in [5, 5.41) is 7.45. The summed E-state index contributed by atoms with van der Waals surface area (Å²) in [5.41, 5.74) is 4.81. The number of carbonyl (C=O) groups is 1. The molecule has 2 aromatic carbocycles. The molecule has 1 aliphatic carbocycles. The Labute approximate surface area is 187 Å². The Morgan fingerprint density at radius 3 is 2.59 bits per heavy atom. The van der Waals surface area contributed by atoms with Crippen LogP contribution < -0.4 is 5.32 Å². The smallest absolute Gasteiger partial charge is 0.272 e. The van der Waals surface area contributed by atoms with Gasteiger partial charge in [-0.25, -0.2) is 13.5 Å². The first-order valence-electron chi connectivity index (χ1n) is 11.1. The molecule has 0 saturated heterocycles. The number of nitrogens with one attached hydrogen (secondary N) is 1. The summed E-state index contributed by atoms with van der Waals surface area (Å²) in [6.07, 6.45) is 2.41. The molecule has 0 spiro atoms. The highest BCUT2D eigenvalue weighted by atomic mass is 19.2. The summed E-state index contributed by atoms with van der Waals surface area (Å²) < 4.78 is 28.7. The van der Waals surface area contributed by atoms with Gasteiger partial charge in [-0.2, -0.15) is 5.10 Å². The summed E-state index contributed by atoms with van der Waals surface area (Å²) in [6, 6.07) is 11.9. The van der Waals surface area contributed by atoms with E-state index in [1.165, 1.54) is 11.6 Å². The predicted octanol–water partition coefficient (Wildman–Crippen LogP) is 4.41. The molecule has 1 aliphatic rings. The average molecular weight is 439 g/mol. The van der Waals surface area contributed by atoms with Crippen molar-refractivity contribution in [3.8, 4) is 5.69 Å². The third kappa shape index (κ3) is 4.58. The molecule has 0 atom stereocenters. The molecular formula is C25H28F2N4O. The molecule has 0 unspecified atom stereocenters. The van der Waals surface area contributed by atoms with Crippen LogP contribution in [0.3, 0.4) is 0 Å². The van der Waals surface area contributed by atoms with E-state index in [0.29, 0.717) is 17.9 Å². The Balaban J connectivity index is 1.51. The van der Waals surface area contributed by atoms with Crippen LogP contribution in [0.5, 0.6) is 0 Å². The van der Waals surface area contributed by atoms with Gasteiger partial charge in [0.2, 0.25) is 0 Å². The van der Waals surface area contributed by atoms with Crippen LogP contribution in [-0.4, -0.2) is 33.7 Å². The molecule has 4 rings (SSSR count). The number of fused-ring (bicyclic) bond motifs is 1. The molecule has 1 heterocycles. The Kier molecular flexibility index (Phi) is 6.65. The van der Waals surface area contributed by atoms with Crippen LogP contribution in [0.1, 0.15) is 53.1 Å². The van der Waals surface area contributed by atoms with Gasteiger partial charge in [0.25, 0.3) is 5.91 Å². The van der Waals surface area contributed by atoms with E-state index in [4.69, 9.17) is 0 Å². The molecule has 0 saturated carbocycles. The second-order valence-electron chi connectivity index (χ2n) is 8.10. The maximum absolute atomic E-state index is 13.7. The van der Waals surface area contributed by atoms with Crippen LogP contribution in [0.2, 0.25) is 0 Å². The van der Waals surface area contributed by atoms with E-state index in [9.17, 15) is 13.6 Å². The Morgan fingerprint density at radius 2 is 1.84 bits per heavy atom. The summed E-state index contributed by atoms with van der Waals surface area (Å²) in [5.74, 6) is -2.09. The maximum Gasteiger partial charge on any atom is 0.272 e. The monoisotopic (exact) mass is 438 g/mol. The van der Waals surface area contributed by atoms with Gasteiger partial charge in [-0.3, -0.25) is 9.69 Å². The number of hydrogen-bond donors (Lipinski definition) is 1. The van der Waals surface area contributed by atoms with E-state index in [1.54, 1.807) is 4.68 Å². The number of aromatic nitrogens is 2. The molecule has 7 heteroatoms. The largest absolute Gasteiger partial charge is 0.347 e. The Hall–Kier alpha value is -3.06. The standard InChI is InChI=1S/C25H28F2N4O/c1-3-30(4-2)16-18-8-5-7-17(13-18)15-28-25(32)24-20-9-6-10-23(20)31(29-24)19-11-12-21(26)22(27)14-19/h5,7-8,11-14H,3-4,6,9-10,15-16H2,1-2H3,(H,28,32). The van der Waals surface area contributed by atoms with Crippen molar-refractivity contribution in [3.63, 3.8) is 0 Å². The van der Waals surface area contributed by atoms with Gasteiger partial charge in [0.05, 0.1) is 5.69 Å². The van der Waals surface area contributed by atoms with Gasteiger partial charge in [0.1, 0.15) is 0 Å². The lowest BCUT2D eigenvalue weighted by atomic mass is 10.1. The maximum atomic E-state index is 13.7. The Bertz CT molecular complexity index is 1120. The van der Waals surface area contributed by atoms with Crippen LogP contribution in [0, 0.1) is 11.6 Å². The highest BCUT2D eigenvalue weighted by Crippen LogP contribution is 2.28. The highest BCUT2D eigenvalue weighted by Gasteiger charge is 2.27. The van der Waals surface area contributed by atoms with Crippen LogP contribution in [-0.2, 0) is 25.9 Å². The third-order valence-electron chi connectivity index (χ3n) is 6.04. The fraction of sp³-hybridized carbons (Fsp3) is 0.360.